The van der Waals surface area contributed by atoms with Crippen LogP contribution in [0.3, 0.4) is 0 Å². The number of fused-ring (bicyclic) bond motifs is 1. The molecule has 0 aliphatic rings. The van der Waals surface area contributed by atoms with E-state index in [2.05, 4.69) is 42.9 Å². The van der Waals surface area contributed by atoms with Crippen molar-refractivity contribution in [2.45, 2.75) is 103 Å². The summed E-state index contributed by atoms with van der Waals surface area (Å²) in [5, 5.41) is 9.84. The van der Waals surface area contributed by atoms with Gasteiger partial charge in [-0.05, 0) is 24.0 Å². The SMILES string of the molecule is CCCCCCCCCCCC[S+]([O-])Cc1ccccc1-c1nn2nc(C(C)(C)C)c(Cl)c2[nH]1. The molecule has 0 spiro atoms. The third kappa shape index (κ3) is 7.50. The standard InChI is InChI=1S/C27H41ClN4OS/c1-5-6-7-8-9-10-11-12-13-16-19-34(33)20-21-17-14-15-18-22(21)25-29-26-23(28)24(27(2,3)4)30-32(26)31-25/h14-15,17-18H,5-13,16,19-20H2,1-4H3,(H,29,31). The first-order valence-corrected chi connectivity index (χ1v) is 14.8. The molecule has 3 aromatic rings. The maximum Gasteiger partial charge on any atom is 0.175 e. The van der Waals surface area contributed by atoms with Crippen LogP contribution >= 0.6 is 11.6 Å². The molecule has 34 heavy (non-hydrogen) atoms. The fourth-order valence-corrected chi connectivity index (χ4v) is 5.98. The van der Waals surface area contributed by atoms with Crippen molar-refractivity contribution in [3.8, 4) is 11.4 Å². The predicted molar refractivity (Wildman–Crippen MR) is 145 cm³/mol. The van der Waals surface area contributed by atoms with Gasteiger partial charge in [0.2, 0.25) is 0 Å². The van der Waals surface area contributed by atoms with E-state index in [1.807, 2.05) is 24.3 Å². The van der Waals surface area contributed by atoms with Crippen LogP contribution in [-0.4, -0.2) is 30.1 Å². The van der Waals surface area contributed by atoms with Gasteiger partial charge < -0.3 is 9.54 Å². The molecule has 0 fully saturated rings. The van der Waals surface area contributed by atoms with Crippen molar-refractivity contribution in [3.05, 3.63) is 40.5 Å². The smallest absolute Gasteiger partial charge is 0.175 e. The average molecular weight is 505 g/mol. The number of nitrogens with one attached hydrogen (secondary N) is 1. The van der Waals surface area contributed by atoms with E-state index in [1.165, 1.54) is 57.8 Å². The minimum Gasteiger partial charge on any atom is -0.616 e. The molecule has 1 atom stereocenters. The van der Waals surface area contributed by atoms with Crippen LogP contribution < -0.4 is 0 Å². The zero-order valence-corrected chi connectivity index (χ0v) is 22.9. The summed E-state index contributed by atoms with van der Waals surface area (Å²) in [4.78, 5) is 3.33. The topological polar surface area (TPSA) is 69.0 Å². The normalized spacial score (nSPS) is 13.1. The highest BCUT2D eigenvalue weighted by Crippen LogP contribution is 2.32. The van der Waals surface area contributed by atoms with Gasteiger partial charge in [-0.15, -0.1) is 9.73 Å². The number of aromatic nitrogens is 4. The zero-order chi connectivity index (χ0) is 24.6. The molecule has 0 amide bonds. The highest BCUT2D eigenvalue weighted by molar-refractivity contribution is 7.90. The van der Waals surface area contributed by atoms with Crippen molar-refractivity contribution in [2.75, 3.05) is 5.75 Å². The molecule has 0 aliphatic heterocycles. The minimum atomic E-state index is -0.886. The summed E-state index contributed by atoms with van der Waals surface area (Å²) in [7, 11) is 0. The van der Waals surface area contributed by atoms with Crippen molar-refractivity contribution in [1.82, 2.24) is 19.8 Å². The molecule has 0 radical (unpaired) electrons. The van der Waals surface area contributed by atoms with E-state index in [4.69, 9.17) is 11.6 Å². The van der Waals surface area contributed by atoms with E-state index in [-0.39, 0.29) is 5.41 Å². The number of halogens is 1. The molecule has 3 rings (SSSR count). The van der Waals surface area contributed by atoms with Crippen LogP contribution in [0.1, 0.15) is 103 Å². The van der Waals surface area contributed by atoms with E-state index in [0.29, 0.717) is 22.2 Å². The average Bonchev–Trinajstić information content (AvgIpc) is 3.34. The Morgan fingerprint density at radius 1 is 0.941 bits per heavy atom. The fraction of sp³-hybridized carbons (Fsp3) is 0.630. The number of rotatable bonds is 14. The summed E-state index contributed by atoms with van der Waals surface area (Å²) in [6.07, 6.45) is 12.9. The van der Waals surface area contributed by atoms with Gasteiger partial charge in [0.1, 0.15) is 16.5 Å². The van der Waals surface area contributed by atoms with Crippen LogP contribution in [-0.2, 0) is 22.3 Å². The first-order valence-electron chi connectivity index (χ1n) is 12.9. The van der Waals surface area contributed by atoms with Crippen molar-refractivity contribution < 1.29 is 4.55 Å². The fourth-order valence-electron chi connectivity index (χ4n) is 4.27. The second-order valence-corrected chi connectivity index (χ2v) is 12.3. The quantitative estimate of drug-likeness (QED) is 0.179. The molecule has 0 saturated heterocycles. The van der Waals surface area contributed by atoms with Gasteiger partial charge >= 0.3 is 0 Å². The Labute approximate surface area is 213 Å². The monoisotopic (exact) mass is 504 g/mol. The molecular formula is C27H41ClN4OS. The Hall–Kier alpha value is -1.50. The van der Waals surface area contributed by atoms with Gasteiger partial charge in [0.15, 0.2) is 11.5 Å². The lowest BCUT2D eigenvalue weighted by Gasteiger charge is -2.15. The lowest BCUT2D eigenvalue weighted by atomic mass is 9.92. The van der Waals surface area contributed by atoms with Crippen molar-refractivity contribution in [1.29, 1.82) is 0 Å². The number of nitrogens with zero attached hydrogens (tertiary/aromatic N) is 3. The maximum atomic E-state index is 12.8. The number of aromatic amines is 1. The molecule has 0 bridgehead atoms. The van der Waals surface area contributed by atoms with Gasteiger partial charge in [-0.3, -0.25) is 0 Å². The van der Waals surface area contributed by atoms with Crippen LogP contribution in [0, 0.1) is 0 Å². The number of unbranched alkanes of at least 4 members (excludes halogenated alkanes) is 9. The van der Waals surface area contributed by atoms with Gasteiger partial charge in [0.25, 0.3) is 0 Å². The highest BCUT2D eigenvalue weighted by atomic mass is 35.5. The molecule has 1 N–H and O–H groups in total. The first kappa shape index (κ1) is 27.1. The molecule has 0 aliphatic carbocycles. The second-order valence-electron chi connectivity index (χ2n) is 10.4. The van der Waals surface area contributed by atoms with E-state index in [1.54, 1.807) is 4.63 Å². The third-order valence-electron chi connectivity index (χ3n) is 6.27. The number of H-pyrrole nitrogens is 1. The Morgan fingerprint density at radius 2 is 1.56 bits per heavy atom. The van der Waals surface area contributed by atoms with Gasteiger partial charge in [-0.2, -0.15) is 5.10 Å². The summed E-state index contributed by atoms with van der Waals surface area (Å²) in [5.41, 5.74) is 3.36. The molecule has 5 nitrogen and oxygen atoms in total. The Kier molecular flexibility index (Phi) is 10.3. The van der Waals surface area contributed by atoms with Gasteiger partial charge in [-0.1, -0.05) is 115 Å². The van der Waals surface area contributed by atoms with Crippen LogP contribution in [0.4, 0.5) is 0 Å². The van der Waals surface area contributed by atoms with E-state index < -0.39 is 11.2 Å². The van der Waals surface area contributed by atoms with E-state index in [9.17, 15) is 4.55 Å². The summed E-state index contributed by atoms with van der Waals surface area (Å²) in [5.74, 6) is 2.00. The number of benzene rings is 1. The third-order valence-corrected chi connectivity index (χ3v) is 8.00. The molecular weight excluding hydrogens is 464 g/mol. The summed E-state index contributed by atoms with van der Waals surface area (Å²) in [6, 6.07) is 8.04. The van der Waals surface area contributed by atoms with Gasteiger partial charge in [0.05, 0.1) is 5.69 Å². The number of hydrogen-bond acceptors (Lipinski definition) is 3. The van der Waals surface area contributed by atoms with Crippen LogP contribution in [0.2, 0.25) is 5.02 Å². The van der Waals surface area contributed by atoms with Gasteiger partial charge in [-0.25, -0.2) is 0 Å². The minimum absolute atomic E-state index is 0.158. The van der Waals surface area contributed by atoms with Crippen LogP contribution in [0.25, 0.3) is 17.0 Å². The molecule has 188 valence electrons. The summed E-state index contributed by atoms with van der Waals surface area (Å²) < 4.78 is 14.4. The zero-order valence-electron chi connectivity index (χ0n) is 21.3. The van der Waals surface area contributed by atoms with Crippen molar-refractivity contribution in [2.24, 2.45) is 0 Å². The summed E-state index contributed by atoms with van der Waals surface area (Å²) >= 11 is 5.71. The van der Waals surface area contributed by atoms with E-state index in [0.717, 1.165) is 29.0 Å². The van der Waals surface area contributed by atoms with Gasteiger partial charge in [0, 0.05) is 16.5 Å². The Morgan fingerprint density at radius 3 is 2.18 bits per heavy atom. The molecule has 1 aromatic carbocycles. The van der Waals surface area contributed by atoms with Crippen LogP contribution in [0.5, 0.6) is 0 Å². The molecule has 7 heteroatoms. The molecule has 0 saturated carbocycles. The largest absolute Gasteiger partial charge is 0.616 e. The lowest BCUT2D eigenvalue weighted by Crippen LogP contribution is -2.13. The Bertz CT molecular complexity index is 1020. The van der Waals surface area contributed by atoms with Crippen molar-refractivity contribution >= 4 is 28.4 Å². The Balaban J connectivity index is 1.51. The number of hydrogen-bond donors (Lipinski definition) is 1. The molecule has 1 unspecified atom stereocenters. The maximum absolute atomic E-state index is 12.8. The van der Waals surface area contributed by atoms with Crippen LogP contribution in [0.15, 0.2) is 24.3 Å². The predicted octanol–water partition coefficient (Wildman–Crippen LogP) is 7.84. The highest BCUT2D eigenvalue weighted by Gasteiger charge is 2.25. The first-order chi connectivity index (χ1) is 16.3. The van der Waals surface area contributed by atoms with E-state index >= 15 is 0 Å². The lowest BCUT2D eigenvalue weighted by molar-refractivity contribution is 0.557. The van der Waals surface area contributed by atoms with Crippen molar-refractivity contribution in [3.63, 3.8) is 0 Å². The molecule has 2 heterocycles. The molecule has 2 aromatic heterocycles. The summed E-state index contributed by atoms with van der Waals surface area (Å²) in [6.45, 7) is 8.51. The second kappa shape index (κ2) is 13.0.